The Bertz CT molecular complexity index is 867. The number of benzene rings is 2. The molecule has 0 aliphatic heterocycles. The number of hydrogen-bond donors (Lipinski definition) is 2. The average molecular weight is 289 g/mol. The summed E-state index contributed by atoms with van der Waals surface area (Å²) >= 11 is 6.06. The molecule has 0 fully saturated rings. The second kappa shape index (κ2) is 4.58. The summed E-state index contributed by atoms with van der Waals surface area (Å²) in [5, 5.41) is 19.6. The first-order valence-electron chi connectivity index (χ1n) is 5.80. The number of aromatic hydroxyl groups is 2. The topological polar surface area (TPSA) is 70.7 Å². The van der Waals surface area contributed by atoms with Crippen molar-refractivity contribution in [3.8, 4) is 22.6 Å². The number of phenols is 2. The van der Waals surface area contributed by atoms with Gasteiger partial charge in [0.2, 0.25) is 5.43 Å². The van der Waals surface area contributed by atoms with E-state index in [0.29, 0.717) is 10.6 Å². The predicted octanol–water partition coefficient (Wildman–Crippen LogP) is 3.52. The van der Waals surface area contributed by atoms with Crippen molar-refractivity contribution in [1.29, 1.82) is 0 Å². The molecular weight excluding hydrogens is 280 g/mol. The van der Waals surface area contributed by atoms with Crippen LogP contribution in [0.4, 0.5) is 0 Å². The van der Waals surface area contributed by atoms with Gasteiger partial charge in [-0.05, 0) is 6.07 Å². The molecule has 100 valence electrons. The van der Waals surface area contributed by atoms with Gasteiger partial charge in [-0.2, -0.15) is 0 Å². The van der Waals surface area contributed by atoms with Crippen LogP contribution in [0, 0.1) is 0 Å². The maximum Gasteiger partial charge on any atom is 0.204 e. The zero-order chi connectivity index (χ0) is 14.3. The van der Waals surface area contributed by atoms with Gasteiger partial charge in [0.25, 0.3) is 0 Å². The fourth-order valence-electron chi connectivity index (χ4n) is 2.08. The first-order valence-corrected chi connectivity index (χ1v) is 6.18. The quantitative estimate of drug-likeness (QED) is 0.718. The van der Waals surface area contributed by atoms with E-state index >= 15 is 0 Å². The van der Waals surface area contributed by atoms with Crippen molar-refractivity contribution in [3.05, 3.63) is 57.9 Å². The van der Waals surface area contributed by atoms with E-state index in [0.717, 1.165) is 6.07 Å². The lowest BCUT2D eigenvalue weighted by Crippen LogP contribution is -2.05. The Balaban J connectivity index is 2.38. The highest BCUT2D eigenvalue weighted by atomic mass is 35.5. The highest BCUT2D eigenvalue weighted by Crippen LogP contribution is 2.31. The minimum absolute atomic E-state index is 0.0141. The molecule has 0 saturated heterocycles. The van der Waals surface area contributed by atoms with Crippen LogP contribution >= 0.6 is 11.6 Å². The summed E-state index contributed by atoms with van der Waals surface area (Å²) in [6, 6.07) is 9.23. The van der Waals surface area contributed by atoms with Crippen LogP contribution in [0.5, 0.6) is 11.5 Å². The third-order valence-corrected chi connectivity index (χ3v) is 3.34. The number of phenolic OH excluding ortho intramolecular Hbond substituents is 2. The summed E-state index contributed by atoms with van der Waals surface area (Å²) < 4.78 is 5.32. The lowest BCUT2D eigenvalue weighted by Gasteiger charge is -2.06. The van der Waals surface area contributed by atoms with Gasteiger partial charge in [0, 0.05) is 22.7 Å². The smallest absolute Gasteiger partial charge is 0.204 e. The van der Waals surface area contributed by atoms with E-state index in [1.54, 1.807) is 24.3 Å². The van der Waals surface area contributed by atoms with Crippen LogP contribution in [0.25, 0.3) is 22.1 Å². The molecule has 0 aliphatic rings. The zero-order valence-corrected chi connectivity index (χ0v) is 10.9. The molecule has 3 rings (SSSR count). The van der Waals surface area contributed by atoms with Crippen molar-refractivity contribution in [1.82, 2.24) is 0 Å². The summed E-state index contributed by atoms with van der Waals surface area (Å²) in [5.41, 5.74) is 0.488. The molecule has 0 spiro atoms. The molecule has 0 atom stereocenters. The van der Waals surface area contributed by atoms with Crippen LogP contribution in [0.2, 0.25) is 5.02 Å². The molecule has 0 radical (unpaired) electrons. The Labute approximate surface area is 118 Å². The van der Waals surface area contributed by atoms with E-state index in [1.165, 1.54) is 12.3 Å². The molecule has 0 unspecified atom stereocenters. The van der Waals surface area contributed by atoms with Crippen LogP contribution < -0.4 is 5.43 Å². The third-order valence-electron chi connectivity index (χ3n) is 3.01. The summed E-state index contributed by atoms with van der Waals surface area (Å²) in [6.07, 6.45) is 1.27. The maximum absolute atomic E-state index is 12.5. The van der Waals surface area contributed by atoms with E-state index in [-0.39, 0.29) is 28.0 Å². The molecule has 0 amide bonds. The van der Waals surface area contributed by atoms with Gasteiger partial charge in [-0.15, -0.1) is 0 Å². The van der Waals surface area contributed by atoms with Crippen LogP contribution in [0.15, 0.2) is 51.9 Å². The van der Waals surface area contributed by atoms with E-state index in [9.17, 15) is 15.0 Å². The maximum atomic E-state index is 12.5. The highest BCUT2D eigenvalue weighted by Gasteiger charge is 2.15. The molecule has 2 N–H and O–H groups in total. The van der Waals surface area contributed by atoms with Crippen molar-refractivity contribution in [2.24, 2.45) is 0 Å². The molecule has 1 heterocycles. The molecule has 1 aromatic heterocycles. The summed E-state index contributed by atoms with van der Waals surface area (Å²) in [5.74, 6) is -0.508. The Morgan fingerprint density at radius 2 is 1.80 bits per heavy atom. The SMILES string of the molecule is O=c1c(-c2ccccc2Cl)coc2cc(O)cc(O)c12. The van der Waals surface area contributed by atoms with E-state index < -0.39 is 5.43 Å². The lowest BCUT2D eigenvalue weighted by molar-refractivity contribution is 0.452. The minimum Gasteiger partial charge on any atom is -0.508 e. The standard InChI is InChI=1S/C15H9ClO4/c16-11-4-2-1-3-9(11)10-7-20-13-6-8(17)5-12(18)14(13)15(10)19/h1-7,17-18H. The lowest BCUT2D eigenvalue weighted by atomic mass is 10.1. The predicted molar refractivity (Wildman–Crippen MR) is 76.3 cm³/mol. The zero-order valence-electron chi connectivity index (χ0n) is 10.1. The Morgan fingerprint density at radius 1 is 1.05 bits per heavy atom. The Hall–Kier alpha value is -2.46. The monoisotopic (exact) mass is 288 g/mol. The molecule has 0 aliphatic carbocycles. The van der Waals surface area contributed by atoms with Crippen molar-refractivity contribution >= 4 is 22.6 Å². The van der Waals surface area contributed by atoms with Crippen LogP contribution in [0.3, 0.4) is 0 Å². The summed E-state index contributed by atoms with van der Waals surface area (Å²) in [6.45, 7) is 0. The van der Waals surface area contributed by atoms with Crippen LogP contribution in [-0.4, -0.2) is 10.2 Å². The average Bonchev–Trinajstić information content (AvgIpc) is 2.39. The number of halogens is 1. The molecule has 2 aromatic carbocycles. The summed E-state index contributed by atoms with van der Waals surface area (Å²) in [7, 11) is 0. The van der Waals surface area contributed by atoms with E-state index in [2.05, 4.69) is 0 Å². The Kier molecular flexibility index (Phi) is 2.88. The van der Waals surface area contributed by atoms with Gasteiger partial charge in [-0.25, -0.2) is 0 Å². The number of hydrogen-bond acceptors (Lipinski definition) is 4. The highest BCUT2D eigenvalue weighted by molar-refractivity contribution is 6.33. The molecule has 0 saturated carbocycles. The second-order valence-corrected chi connectivity index (χ2v) is 4.70. The van der Waals surface area contributed by atoms with Gasteiger partial charge in [0.1, 0.15) is 28.7 Å². The first-order chi connectivity index (χ1) is 9.58. The largest absolute Gasteiger partial charge is 0.508 e. The van der Waals surface area contributed by atoms with Crippen molar-refractivity contribution in [2.45, 2.75) is 0 Å². The van der Waals surface area contributed by atoms with Gasteiger partial charge in [0.15, 0.2) is 0 Å². The van der Waals surface area contributed by atoms with Gasteiger partial charge in [0.05, 0.1) is 5.56 Å². The van der Waals surface area contributed by atoms with Crippen molar-refractivity contribution < 1.29 is 14.6 Å². The molecule has 5 heteroatoms. The van der Waals surface area contributed by atoms with Gasteiger partial charge in [-0.1, -0.05) is 29.8 Å². The van der Waals surface area contributed by atoms with E-state index in [4.69, 9.17) is 16.0 Å². The van der Waals surface area contributed by atoms with E-state index in [1.807, 2.05) is 0 Å². The molecule has 3 aromatic rings. The van der Waals surface area contributed by atoms with Crippen LogP contribution in [0.1, 0.15) is 0 Å². The fraction of sp³-hybridized carbons (Fsp3) is 0. The number of fused-ring (bicyclic) bond motifs is 1. The van der Waals surface area contributed by atoms with Gasteiger partial charge in [-0.3, -0.25) is 4.79 Å². The molecule has 4 nitrogen and oxygen atoms in total. The molecule has 0 bridgehead atoms. The Morgan fingerprint density at radius 3 is 2.55 bits per heavy atom. The molecular formula is C15H9ClO4. The van der Waals surface area contributed by atoms with Gasteiger partial charge >= 0.3 is 0 Å². The first kappa shape index (κ1) is 12.6. The third kappa shape index (κ3) is 1.90. The summed E-state index contributed by atoms with van der Waals surface area (Å²) in [4.78, 5) is 12.5. The van der Waals surface area contributed by atoms with Gasteiger partial charge < -0.3 is 14.6 Å². The van der Waals surface area contributed by atoms with Crippen molar-refractivity contribution in [3.63, 3.8) is 0 Å². The second-order valence-electron chi connectivity index (χ2n) is 4.30. The van der Waals surface area contributed by atoms with Crippen molar-refractivity contribution in [2.75, 3.05) is 0 Å². The van der Waals surface area contributed by atoms with Crippen LogP contribution in [-0.2, 0) is 0 Å². The minimum atomic E-state index is -0.406. The number of rotatable bonds is 1. The normalized spacial score (nSPS) is 10.8. The molecule has 20 heavy (non-hydrogen) atoms. The fourth-order valence-corrected chi connectivity index (χ4v) is 2.32.